The van der Waals surface area contributed by atoms with Gasteiger partial charge in [0.25, 0.3) is 0 Å². The Kier molecular flexibility index (Phi) is 7.27. The highest BCUT2D eigenvalue weighted by Crippen LogP contribution is 1.64. The van der Waals surface area contributed by atoms with Crippen molar-refractivity contribution in [2.45, 2.75) is 6.92 Å². The van der Waals surface area contributed by atoms with Crippen molar-refractivity contribution in [1.82, 2.24) is 8.85 Å². The summed E-state index contributed by atoms with van der Waals surface area (Å²) >= 11 is 2.14. The Morgan fingerprint density at radius 1 is 1.43 bits per heavy atom. The van der Waals surface area contributed by atoms with E-state index in [1.165, 1.54) is 0 Å². The van der Waals surface area contributed by atoms with Crippen LogP contribution in [0, 0.1) is 0 Å². The molecule has 0 heterocycles. The Morgan fingerprint density at radius 2 is 2.14 bits per heavy atom. The summed E-state index contributed by atoms with van der Waals surface area (Å²) in [5.41, 5.74) is 0. The van der Waals surface area contributed by atoms with E-state index in [9.17, 15) is 0 Å². The molecule has 0 spiro atoms. The van der Waals surface area contributed by atoms with Crippen LogP contribution in [0.1, 0.15) is 6.92 Å². The summed E-state index contributed by atoms with van der Waals surface area (Å²) < 4.78 is 3.01. The maximum Gasteiger partial charge on any atom is 0.0175 e. The number of likely N-dealkylation sites (N-methyl/N-ethyl adjacent to an activating group) is 1. The zero-order chi connectivity index (χ0) is 5.54. The molecule has 0 bridgehead atoms. The second-order valence-electron chi connectivity index (χ2n) is 1.24. The molecule has 0 aromatic rings. The Labute approximate surface area is 58.6 Å². The predicted molar refractivity (Wildman–Crippen MR) is 40.6 cm³/mol. The average Bonchev–Trinajstić information content (AvgIpc) is 1.69. The van der Waals surface area contributed by atoms with Crippen LogP contribution < -0.4 is 8.85 Å². The molecule has 0 rings (SSSR count). The summed E-state index contributed by atoms with van der Waals surface area (Å²) in [5.74, 6) is 0. The summed E-state index contributed by atoms with van der Waals surface area (Å²) in [5, 5.41) is 3.18. The molecule has 7 heavy (non-hydrogen) atoms. The van der Waals surface area contributed by atoms with Crippen LogP contribution in [-0.4, -0.2) is 19.6 Å². The maximum atomic E-state index is 3.18. The van der Waals surface area contributed by atoms with Crippen molar-refractivity contribution in [3.8, 4) is 0 Å². The highest BCUT2D eigenvalue weighted by molar-refractivity contribution is 14.1. The number of nitrogens with one attached hydrogen (secondary N) is 2. The van der Waals surface area contributed by atoms with Crippen LogP contribution in [0.5, 0.6) is 0 Å². The first-order valence-electron chi connectivity index (χ1n) is 2.46. The third-order valence-corrected chi connectivity index (χ3v) is 1.19. The smallest absolute Gasteiger partial charge is 0.0175 e. The van der Waals surface area contributed by atoms with Crippen LogP contribution in [0.2, 0.25) is 0 Å². The van der Waals surface area contributed by atoms with Gasteiger partial charge in [0, 0.05) is 36.0 Å². The van der Waals surface area contributed by atoms with Crippen molar-refractivity contribution in [2.24, 2.45) is 0 Å². The molecule has 0 aliphatic carbocycles. The largest absolute Gasteiger partial charge is 0.316 e. The first-order valence-corrected chi connectivity index (χ1v) is 3.54. The number of rotatable bonds is 4. The summed E-state index contributed by atoms with van der Waals surface area (Å²) in [4.78, 5) is 0. The van der Waals surface area contributed by atoms with Gasteiger partial charge in [-0.05, 0) is 6.54 Å². The molecular formula is C4H11IN2. The summed E-state index contributed by atoms with van der Waals surface area (Å²) in [7, 11) is 0. The number of hydrogen-bond donors (Lipinski definition) is 2. The molecule has 0 unspecified atom stereocenters. The van der Waals surface area contributed by atoms with Gasteiger partial charge in [0.15, 0.2) is 0 Å². The Balaban J connectivity index is 2.45. The van der Waals surface area contributed by atoms with E-state index >= 15 is 0 Å². The lowest BCUT2D eigenvalue weighted by molar-refractivity contribution is 0.715. The average molecular weight is 214 g/mol. The minimum atomic E-state index is 1.05. The van der Waals surface area contributed by atoms with Gasteiger partial charge in [-0.2, -0.15) is 0 Å². The molecule has 0 saturated heterocycles. The fraction of sp³-hybridized carbons (Fsp3) is 1.00. The number of halogens is 1. The Hall–Kier alpha value is 0.650. The monoisotopic (exact) mass is 214 g/mol. The first-order chi connectivity index (χ1) is 3.41. The standard InChI is InChI=1S/C4H11IN2/c1-2-6-3-4-7-5/h6-7H,2-4H2,1H3. The Bertz CT molecular complexity index is 28.9. The second kappa shape index (κ2) is 6.65. The van der Waals surface area contributed by atoms with E-state index in [1.54, 1.807) is 0 Å². The molecule has 0 aromatic heterocycles. The van der Waals surface area contributed by atoms with E-state index in [0.717, 1.165) is 19.6 Å². The second-order valence-corrected chi connectivity index (χ2v) is 2.00. The zero-order valence-corrected chi connectivity index (χ0v) is 6.66. The van der Waals surface area contributed by atoms with Gasteiger partial charge in [-0.15, -0.1) is 0 Å². The van der Waals surface area contributed by atoms with Crippen LogP contribution in [-0.2, 0) is 0 Å². The first kappa shape index (κ1) is 7.65. The lowest BCUT2D eigenvalue weighted by atomic mass is 10.6. The summed E-state index contributed by atoms with van der Waals surface area (Å²) in [6.07, 6.45) is 0. The highest BCUT2D eigenvalue weighted by atomic mass is 127. The highest BCUT2D eigenvalue weighted by Gasteiger charge is 1.76. The molecule has 0 radical (unpaired) electrons. The van der Waals surface area contributed by atoms with Crippen LogP contribution in [0.15, 0.2) is 0 Å². The molecule has 0 saturated carbocycles. The van der Waals surface area contributed by atoms with E-state index in [0.29, 0.717) is 0 Å². The molecule has 0 aromatic carbocycles. The van der Waals surface area contributed by atoms with Crippen LogP contribution in [0.3, 0.4) is 0 Å². The quantitative estimate of drug-likeness (QED) is 0.405. The topological polar surface area (TPSA) is 24.1 Å². The molecule has 0 amide bonds. The minimum absolute atomic E-state index is 1.05. The van der Waals surface area contributed by atoms with E-state index in [2.05, 4.69) is 38.6 Å². The van der Waals surface area contributed by atoms with Crippen LogP contribution in [0.4, 0.5) is 0 Å². The van der Waals surface area contributed by atoms with Crippen molar-refractivity contribution in [1.29, 1.82) is 0 Å². The Morgan fingerprint density at radius 3 is 2.57 bits per heavy atom. The lowest BCUT2D eigenvalue weighted by Gasteiger charge is -1.95. The van der Waals surface area contributed by atoms with Gasteiger partial charge in [0.05, 0.1) is 0 Å². The van der Waals surface area contributed by atoms with Gasteiger partial charge in [0.1, 0.15) is 0 Å². The van der Waals surface area contributed by atoms with Crippen molar-refractivity contribution >= 4 is 22.9 Å². The van der Waals surface area contributed by atoms with Crippen molar-refractivity contribution in [3.63, 3.8) is 0 Å². The molecule has 44 valence electrons. The van der Waals surface area contributed by atoms with Gasteiger partial charge >= 0.3 is 0 Å². The summed E-state index contributed by atoms with van der Waals surface area (Å²) in [6, 6.07) is 0. The molecule has 0 atom stereocenters. The third kappa shape index (κ3) is 6.65. The van der Waals surface area contributed by atoms with Crippen molar-refractivity contribution in [3.05, 3.63) is 0 Å². The van der Waals surface area contributed by atoms with E-state index in [1.807, 2.05) is 0 Å². The van der Waals surface area contributed by atoms with Crippen molar-refractivity contribution in [2.75, 3.05) is 19.6 Å². The molecule has 3 heteroatoms. The summed E-state index contributed by atoms with van der Waals surface area (Å²) in [6.45, 7) is 5.29. The van der Waals surface area contributed by atoms with Gasteiger partial charge < -0.3 is 5.32 Å². The SMILES string of the molecule is CCNCCNI. The van der Waals surface area contributed by atoms with E-state index in [4.69, 9.17) is 0 Å². The van der Waals surface area contributed by atoms with Gasteiger partial charge in [-0.3, -0.25) is 3.53 Å². The van der Waals surface area contributed by atoms with E-state index in [-0.39, 0.29) is 0 Å². The zero-order valence-electron chi connectivity index (χ0n) is 4.50. The molecule has 2 nitrogen and oxygen atoms in total. The normalized spacial score (nSPS) is 9.43. The molecule has 0 aliphatic heterocycles. The third-order valence-electron chi connectivity index (χ3n) is 0.646. The van der Waals surface area contributed by atoms with Gasteiger partial charge in [-0.1, -0.05) is 6.92 Å². The van der Waals surface area contributed by atoms with Crippen LogP contribution in [0.25, 0.3) is 0 Å². The lowest BCUT2D eigenvalue weighted by Crippen LogP contribution is -2.21. The number of hydrogen-bond acceptors (Lipinski definition) is 2. The maximum absolute atomic E-state index is 3.18. The molecular weight excluding hydrogens is 203 g/mol. The fourth-order valence-electron chi connectivity index (χ4n) is 0.312. The molecule has 2 N–H and O–H groups in total. The van der Waals surface area contributed by atoms with Crippen LogP contribution >= 0.6 is 22.9 Å². The van der Waals surface area contributed by atoms with Crippen molar-refractivity contribution < 1.29 is 0 Å². The molecule has 0 aliphatic rings. The predicted octanol–water partition coefficient (Wildman–Crippen LogP) is 0.536. The van der Waals surface area contributed by atoms with E-state index < -0.39 is 0 Å². The minimum Gasteiger partial charge on any atom is -0.316 e. The van der Waals surface area contributed by atoms with Gasteiger partial charge in [0.2, 0.25) is 0 Å². The fourth-order valence-corrected chi connectivity index (χ4v) is 0.582. The van der Waals surface area contributed by atoms with Gasteiger partial charge in [-0.25, -0.2) is 0 Å². The molecule has 0 fully saturated rings.